The molecule has 21 heavy (non-hydrogen) atoms. The van der Waals surface area contributed by atoms with Crippen molar-refractivity contribution in [2.75, 3.05) is 19.6 Å². The van der Waals surface area contributed by atoms with Crippen molar-refractivity contribution in [1.29, 1.82) is 0 Å². The van der Waals surface area contributed by atoms with Crippen molar-refractivity contribution in [3.05, 3.63) is 24.3 Å². The summed E-state index contributed by atoms with van der Waals surface area (Å²) in [6.45, 7) is 1.67. The number of hydrogen-bond acceptors (Lipinski definition) is 4. The third-order valence-corrected chi connectivity index (χ3v) is 4.55. The molecule has 1 aromatic rings. The maximum absolute atomic E-state index is 12.3. The van der Waals surface area contributed by atoms with Crippen molar-refractivity contribution >= 4 is 10.0 Å². The van der Waals surface area contributed by atoms with Crippen LogP contribution in [0.3, 0.4) is 0 Å². The Bertz CT molecular complexity index is 584. The lowest BCUT2D eigenvalue weighted by atomic mass is 10.1. The van der Waals surface area contributed by atoms with Crippen molar-refractivity contribution in [3.63, 3.8) is 0 Å². The zero-order chi connectivity index (χ0) is 15.5. The summed E-state index contributed by atoms with van der Waals surface area (Å²) in [6, 6.07) is 4.67. The van der Waals surface area contributed by atoms with Gasteiger partial charge in [-0.1, -0.05) is 12.1 Å². The van der Waals surface area contributed by atoms with Crippen LogP contribution in [-0.4, -0.2) is 34.4 Å². The van der Waals surface area contributed by atoms with E-state index in [9.17, 15) is 21.6 Å². The lowest BCUT2D eigenvalue weighted by Crippen LogP contribution is -2.31. The van der Waals surface area contributed by atoms with Crippen molar-refractivity contribution in [2.45, 2.75) is 17.7 Å². The number of rotatable bonds is 5. The summed E-state index contributed by atoms with van der Waals surface area (Å²) in [6.07, 6.45) is -4.12. The minimum atomic E-state index is -4.94. The second-order valence-corrected chi connectivity index (χ2v) is 6.44. The molecule has 1 aromatic carbocycles. The van der Waals surface area contributed by atoms with E-state index in [1.54, 1.807) is 0 Å². The molecule has 1 aliphatic heterocycles. The van der Waals surface area contributed by atoms with E-state index in [4.69, 9.17) is 0 Å². The standard InChI is InChI=1S/C12H15F3N2O3S/c13-12(14,15)20-10-3-1-2-4-11(10)21(18,19)17-8-9-5-6-16-7-9/h1-4,9,16-17H,5-8H2. The molecule has 1 aliphatic rings. The van der Waals surface area contributed by atoms with E-state index >= 15 is 0 Å². The van der Waals surface area contributed by atoms with Gasteiger partial charge < -0.3 is 10.1 Å². The Morgan fingerprint density at radius 1 is 1.33 bits per heavy atom. The van der Waals surface area contributed by atoms with Crippen molar-refractivity contribution in [1.82, 2.24) is 10.0 Å². The number of nitrogens with one attached hydrogen (secondary N) is 2. The highest BCUT2D eigenvalue weighted by atomic mass is 32.2. The van der Waals surface area contributed by atoms with Crippen LogP contribution in [0.2, 0.25) is 0 Å². The zero-order valence-electron chi connectivity index (χ0n) is 11.0. The number of sulfonamides is 1. The fourth-order valence-corrected chi connectivity index (χ4v) is 3.32. The Morgan fingerprint density at radius 3 is 2.67 bits per heavy atom. The smallest absolute Gasteiger partial charge is 0.404 e. The molecule has 9 heteroatoms. The topological polar surface area (TPSA) is 67.4 Å². The Labute approximate surface area is 120 Å². The van der Waals surface area contributed by atoms with Gasteiger partial charge in [0.1, 0.15) is 10.6 Å². The van der Waals surface area contributed by atoms with Gasteiger partial charge in [-0.25, -0.2) is 13.1 Å². The average Bonchev–Trinajstić information content (AvgIpc) is 2.88. The van der Waals surface area contributed by atoms with Crippen LogP contribution in [0, 0.1) is 5.92 Å². The maximum Gasteiger partial charge on any atom is 0.573 e. The van der Waals surface area contributed by atoms with Gasteiger partial charge in [0, 0.05) is 6.54 Å². The minimum Gasteiger partial charge on any atom is -0.404 e. The summed E-state index contributed by atoms with van der Waals surface area (Å²) in [5.41, 5.74) is 0. The molecule has 0 bridgehead atoms. The van der Waals surface area contributed by atoms with E-state index in [2.05, 4.69) is 14.8 Å². The van der Waals surface area contributed by atoms with E-state index in [-0.39, 0.29) is 12.5 Å². The molecule has 1 unspecified atom stereocenters. The van der Waals surface area contributed by atoms with Crippen molar-refractivity contribution in [3.8, 4) is 5.75 Å². The highest BCUT2D eigenvalue weighted by Gasteiger charge is 2.34. The van der Waals surface area contributed by atoms with Crippen LogP contribution in [0.4, 0.5) is 13.2 Å². The van der Waals surface area contributed by atoms with Gasteiger partial charge in [-0.05, 0) is 37.6 Å². The van der Waals surface area contributed by atoms with Gasteiger partial charge in [-0.2, -0.15) is 0 Å². The molecule has 1 atom stereocenters. The summed E-state index contributed by atoms with van der Waals surface area (Å²) >= 11 is 0. The summed E-state index contributed by atoms with van der Waals surface area (Å²) in [4.78, 5) is -0.520. The molecule has 1 saturated heterocycles. The summed E-state index contributed by atoms with van der Waals surface area (Å²) in [5.74, 6) is -0.600. The predicted octanol–water partition coefficient (Wildman–Crippen LogP) is 1.47. The molecule has 2 rings (SSSR count). The van der Waals surface area contributed by atoms with Crippen molar-refractivity contribution in [2.24, 2.45) is 5.92 Å². The minimum absolute atomic E-state index is 0.135. The average molecular weight is 324 g/mol. The molecule has 0 amide bonds. The van der Waals surface area contributed by atoms with Gasteiger partial charge in [0.2, 0.25) is 10.0 Å². The molecule has 0 spiro atoms. The third-order valence-electron chi connectivity index (χ3n) is 3.09. The third kappa shape index (κ3) is 4.58. The number of halogens is 3. The normalized spacial score (nSPS) is 19.7. The van der Waals surface area contributed by atoms with Crippen LogP contribution in [0.25, 0.3) is 0 Å². The molecular formula is C12H15F3N2O3S. The van der Waals surface area contributed by atoms with Crippen LogP contribution < -0.4 is 14.8 Å². The van der Waals surface area contributed by atoms with Crippen molar-refractivity contribution < 1.29 is 26.3 Å². The molecule has 0 radical (unpaired) electrons. The zero-order valence-corrected chi connectivity index (χ0v) is 11.8. The molecule has 118 valence electrons. The predicted molar refractivity (Wildman–Crippen MR) is 69.3 cm³/mol. The Balaban J connectivity index is 2.15. The molecule has 5 nitrogen and oxygen atoms in total. The van der Waals surface area contributed by atoms with Gasteiger partial charge in [-0.15, -0.1) is 13.2 Å². The first kappa shape index (κ1) is 16.1. The lowest BCUT2D eigenvalue weighted by Gasteiger charge is -2.15. The van der Waals surface area contributed by atoms with E-state index in [0.29, 0.717) is 6.54 Å². The number of para-hydroxylation sites is 1. The fourth-order valence-electron chi connectivity index (χ4n) is 2.08. The second kappa shape index (κ2) is 6.20. The molecule has 1 heterocycles. The van der Waals surface area contributed by atoms with Crippen LogP contribution in [0.5, 0.6) is 5.75 Å². The summed E-state index contributed by atoms with van der Waals surface area (Å²) in [7, 11) is -4.05. The number of alkyl halides is 3. The van der Waals surface area contributed by atoms with Gasteiger partial charge in [0.25, 0.3) is 0 Å². The molecule has 2 N–H and O–H groups in total. The molecule has 1 fully saturated rings. The van der Waals surface area contributed by atoms with Gasteiger partial charge in [-0.3, -0.25) is 0 Å². The van der Waals surface area contributed by atoms with Gasteiger partial charge in [0.15, 0.2) is 0 Å². The fraction of sp³-hybridized carbons (Fsp3) is 0.500. The monoisotopic (exact) mass is 324 g/mol. The first-order valence-electron chi connectivity index (χ1n) is 6.33. The highest BCUT2D eigenvalue weighted by molar-refractivity contribution is 7.89. The quantitative estimate of drug-likeness (QED) is 0.861. The van der Waals surface area contributed by atoms with Crippen LogP contribution in [0.1, 0.15) is 6.42 Å². The highest BCUT2D eigenvalue weighted by Crippen LogP contribution is 2.29. The van der Waals surface area contributed by atoms with Gasteiger partial charge in [0.05, 0.1) is 0 Å². The molecular weight excluding hydrogens is 309 g/mol. The Hall–Kier alpha value is -1.32. The summed E-state index contributed by atoms with van der Waals surface area (Å²) in [5, 5.41) is 3.08. The number of hydrogen-bond donors (Lipinski definition) is 2. The second-order valence-electron chi connectivity index (χ2n) is 4.71. The SMILES string of the molecule is O=S(=O)(NCC1CCNC1)c1ccccc1OC(F)(F)F. The van der Waals surface area contributed by atoms with E-state index in [1.165, 1.54) is 12.1 Å². The molecule has 0 aliphatic carbocycles. The van der Waals surface area contributed by atoms with Gasteiger partial charge >= 0.3 is 6.36 Å². The largest absolute Gasteiger partial charge is 0.573 e. The summed E-state index contributed by atoms with van der Waals surface area (Å²) < 4.78 is 67.2. The number of ether oxygens (including phenoxy) is 1. The first-order valence-corrected chi connectivity index (χ1v) is 7.81. The maximum atomic E-state index is 12.3. The Kier molecular flexibility index (Phi) is 4.74. The van der Waals surface area contributed by atoms with Crippen LogP contribution in [-0.2, 0) is 10.0 Å². The lowest BCUT2D eigenvalue weighted by molar-refractivity contribution is -0.275. The Morgan fingerprint density at radius 2 is 2.05 bits per heavy atom. The molecule has 0 saturated carbocycles. The molecule has 0 aromatic heterocycles. The first-order chi connectivity index (χ1) is 9.78. The van der Waals surface area contributed by atoms with E-state index in [0.717, 1.165) is 25.1 Å². The van der Waals surface area contributed by atoms with Crippen LogP contribution in [0.15, 0.2) is 29.2 Å². The van der Waals surface area contributed by atoms with Crippen LogP contribution >= 0.6 is 0 Å². The van der Waals surface area contributed by atoms with E-state index in [1.807, 2.05) is 0 Å². The van der Waals surface area contributed by atoms with E-state index < -0.39 is 27.0 Å². The number of benzene rings is 1.